The molecule has 0 radical (unpaired) electrons. The highest BCUT2D eigenvalue weighted by molar-refractivity contribution is 5.86. The molecule has 0 bridgehead atoms. The summed E-state index contributed by atoms with van der Waals surface area (Å²) in [6, 6.07) is -1.17. The quantitative estimate of drug-likeness (QED) is 0.509. The van der Waals surface area contributed by atoms with Crippen LogP contribution in [0, 0.1) is 0 Å². The van der Waals surface area contributed by atoms with Gasteiger partial charge in [0, 0.05) is 0 Å². The van der Waals surface area contributed by atoms with Gasteiger partial charge >= 0.3 is 18.2 Å². The molecule has 0 aromatic heterocycles. The van der Waals surface area contributed by atoms with Crippen LogP contribution in [-0.4, -0.2) is 48.8 Å². The Morgan fingerprint density at radius 2 is 1.59 bits per heavy atom. The van der Waals surface area contributed by atoms with Crippen molar-refractivity contribution in [2.45, 2.75) is 6.18 Å². The van der Waals surface area contributed by atoms with Crippen LogP contribution in [0.15, 0.2) is 0 Å². The summed E-state index contributed by atoms with van der Waals surface area (Å²) in [5.41, 5.74) is 0. The van der Waals surface area contributed by atoms with Crippen LogP contribution in [0.4, 0.5) is 18.0 Å². The molecule has 0 saturated heterocycles. The molecule has 17 heavy (non-hydrogen) atoms. The highest BCUT2D eigenvalue weighted by atomic mass is 19.4. The summed E-state index contributed by atoms with van der Waals surface area (Å²) in [5.74, 6) is -2.10. The Balaban J connectivity index is 3.70. The van der Waals surface area contributed by atoms with Gasteiger partial charge in [-0.3, -0.25) is 9.59 Å². The second-order valence-electron chi connectivity index (χ2n) is 2.82. The number of carboxylic acid groups (broad SMARTS) is 1. The molecule has 7 nitrogen and oxygen atoms in total. The Morgan fingerprint density at radius 3 is 2.06 bits per heavy atom. The van der Waals surface area contributed by atoms with Gasteiger partial charge in [-0.25, -0.2) is 4.79 Å². The minimum Gasteiger partial charge on any atom is -0.480 e. The van der Waals surface area contributed by atoms with Gasteiger partial charge in [0.25, 0.3) is 0 Å². The summed E-state index contributed by atoms with van der Waals surface area (Å²) >= 11 is 0. The average molecular weight is 257 g/mol. The zero-order valence-electron chi connectivity index (χ0n) is 8.43. The van der Waals surface area contributed by atoms with Crippen molar-refractivity contribution < 1.29 is 32.7 Å². The number of urea groups is 1. The van der Waals surface area contributed by atoms with Crippen LogP contribution in [0.3, 0.4) is 0 Å². The molecular weight excluding hydrogens is 247 g/mol. The number of amides is 3. The van der Waals surface area contributed by atoms with Gasteiger partial charge in [-0.1, -0.05) is 0 Å². The first-order chi connectivity index (χ1) is 7.70. The fourth-order valence-electron chi connectivity index (χ4n) is 0.640. The van der Waals surface area contributed by atoms with Gasteiger partial charge in [0.2, 0.25) is 5.91 Å². The standard InChI is InChI=1S/C7H10F3N3O4/c8-7(9,10)3-13-6(17)12-1-4(14)11-2-5(15)16/h1-3H2,(H,11,14)(H,15,16)(H2,12,13,17). The molecule has 0 rings (SSSR count). The summed E-state index contributed by atoms with van der Waals surface area (Å²) in [6.45, 7) is -2.77. The van der Waals surface area contributed by atoms with E-state index in [0.717, 1.165) is 0 Å². The second-order valence-corrected chi connectivity index (χ2v) is 2.82. The number of carboxylic acids is 1. The summed E-state index contributed by atoms with van der Waals surface area (Å²) in [5, 5.41) is 13.4. The van der Waals surface area contributed by atoms with Crippen molar-refractivity contribution in [3.8, 4) is 0 Å². The van der Waals surface area contributed by atoms with E-state index in [1.54, 1.807) is 0 Å². The van der Waals surface area contributed by atoms with E-state index in [4.69, 9.17) is 5.11 Å². The van der Waals surface area contributed by atoms with Crippen molar-refractivity contribution in [3.63, 3.8) is 0 Å². The van der Waals surface area contributed by atoms with Crippen LogP contribution in [0.2, 0.25) is 0 Å². The normalized spacial score (nSPS) is 10.5. The molecule has 0 aliphatic rings. The minimum absolute atomic E-state index is 0.614. The van der Waals surface area contributed by atoms with Gasteiger partial charge < -0.3 is 21.1 Å². The number of hydrogen-bond acceptors (Lipinski definition) is 3. The highest BCUT2D eigenvalue weighted by Gasteiger charge is 2.27. The molecule has 3 amide bonds. The number of nitrogens with one attached hydrogen (secondary N) is 3. The van der Waals surface area contributed by atoms with Crippen molar-refractivity contribution in [1.29, 1.82) is 0 Å². The van der Waals surface area contributed by atoms with Gasteiger partial charge in [-0.2, -0.15) is 13.2 Å². The third-order valence-corrected chi connectivity index (χ3v) is 1.30. The molecule has 0 aromatic carbocycles. The van der Waals surface area contributed by atoms with E-state index in [1.165, 1.54) is 5.32 Å². The van der Waals surface area contributed by atoms with E-state index in [1.807, 2.05) is 10.6 Å². The lowest BCUT2D eigenvalue weighted by molar-refractivity contribution is -0.137. The van der Waals surface area contributed by atoms with Crippen LogP contribution >= 0.6 is 0 Å². The van der Waals surface area contributed by atoms with Crippen molar-refractivity contribution >= 4 is 17.9 Å². The molecule has 0 unspecified atom stereocenters. The number of halogens is 3. The Labute approximate surface area is 93.4 Å². The Kier molecular flexibility index (Phi) is 5.78. The largest absolute Gasteiger partial charge is 0.480 e. The molecule has 98 valence electrons. The lowest BCUT2D eigenvalue weighted by atomic mass is 10.5. The first kappa shape index (κ1) is 15.0. The van der Waals surface area contributed by atoms with Crippen molar-refractivity contribution in [1.82, 2.24) is 16.0 Å². The van der Waals surface area contributed by atoms with E-state index >= 15 is 0 Å². The van der Waals surface area contributed by atoms with Gasteiger partial charge in [-0.15, -0.1) is 0 Å². The van der Waals surface area contributed by atoms with Gasteiger partial charge in [0.05, 0.1) is 6.54 Å². The maximum Gasteiger partial charge on any atom is 0.405 e. The fourth-order valence-corrected chi connectivity index (χ4v) is 0.640. The Morgan fingerprint density at radius 1 is 1.00 bits per heavy atom. The van der Waals surface area contributed by atoms with Gasteiger partial charge in [0.1, 0.15) is 13.1 Å². The van der Waals surface area contributed by atoms with E-state index in [-0.39, 0.29) is 0 Å². The van der Waals surface area contributed by atoms with Gasteiger partial charge in [-0.05, 0) is 0 Å². The number of hydrogen-bond donors (Lipinski definition) is 4. The number of aliphatic carboxylic acids is 1. The molecule has 0 heterocycles. The van der Waals surface area contributed by atoms with E-state index < -0.39 is 43.7 Å². The smallest absolute Gasteiger partial charge is 0.405 e. The predicted molar refractivity (Wildman–Crippen MR) is 48.1 cm³/mol. The first-order valence-electron chi connectivity index (χ1n) is 4.27. The summed E-state index contributed by atoms with van der Waals surface area (Å²) in [4.78, 5) is 31.5. The summed E-state index contributed by atoms with van der Waals surface area (Å²) in [6.07, 6.45) is -4.54. The van der Waals surface area contributed by atoms with Crippen molar-refractivity contribution in [2.24, 2.45) is 0 Å². The van der Waals surface area contributed by atoms with E-state index in [9.17, 15) is 27.6 Å². The van der Waals surface area contributed by atoms with Crippen molar-refractivity contribution in [2.75, 3.05) is 19.6 Å². The topological polar surface area (TPSA) is 108 Å². The third-order valence-electron chi connectivity index (χ3n) is 1.30. The minimum atomic E-state index is -4.54. The van der Waals surface area contributed by atoms with Crippen LogP contribution in [-0.2, 0) is 9.59 Å². The molecule has 4 N–H and O–H groups in total. The maximum atomic E-state index is 11.6. The molecule has 0 aliphatic heterocycles. The first-order valence-corrected chi connectivity index (χ1v) is 4.27. The lowest BCUT2D eigenvalue weighted by Crippen LogP contribution is -2.45. The SMILES string of the molecule is O=C(O)CNC(=O)CNC(=O)NCC(F)(F)F. The molecule has 10 heteroatoms. The molecule has 0 aliphatic carbocycles. The average Bonchev–Trinajstić information content (AvgIpc) is 2.19. The molecule has 0 fully saturated rings. The molecule has 0 atom stereocenters. The van der Waals surface area contributed by atoms with Crippen LogP contribution in [0.5, 0.6) is 0 Å². The van der Waals surface area contributed by atoms with Crippen molar-refractivity contribution in [3.05, 3.63) is 0 Å². The van der Waals surface area contributed by atoms with E-state index in [0.29, 0.717) is 0 Å². The third kappa shape index (κ3) is 10.3. The van der Waals surface area contributed by atoms with Crippen LogP contribution in [0.1, 0.15) is 0 Å². The number of carbonyl (C=O) groups is 3. The monoisotopic (exact) mass is 257 g/mol. The molecular formula is C7H10F3N3O4. The molecule has 0 aromatic rings. The van der Waals surface area contributed by atoms with Crippen LogP contribution < -0.4 is 16.0 Å². The molecule has 0 spiro atoms. The summed E-state index contributed by atoms with van der Waals surface area (Å²) in [7, 11) is 0. The fraction of sp³-hybridized carbons (Fsp3) is 0.571. The zero-order chi connectivity index (χ0) is 13.5. The summed E-state index contributed by atoms with van der Waals surface area (Å²) < 4.78 is 34.9. The number of carbonyl (C=O) groups excluding carboxylic acids is 2. The molecule has 0 saturated carbocycles. The lowest BCUT2D eigenvalue weighted by Gasteiger charge is -2.09. The Bertz CT molecular complexity index is 305. The van der Waals surface area contributed by atoms with Gasteiger partial charge in [0.15, 0.2) is 0 Å². The predicted octanol–water partition coefficient (Wildman–Crippen LogP) is -0.951. The Hall–Kier alpha value is -2.00. The second kappa shape index (κ2) is 6.55. The number of alkyl halides is 3. The van der Waals surface area contributed by atoms with Crippen LogP contribution in [0.25, 0.3) is 0 Å². The number of rotatable bonds is 5. The highest BCUT2D eigenvalue weighted by Crippen LogP contribution is 2.11. The zero-order valence-corrected chi connectivity index (χ0v) is 8.43. The van der Waals surface area contributed by atoms with E-state index in [2.05, 4.69) is 0 Å². The maximum absolute atomic E-state index is 11.6.